The maximum absolute atomic E-state index is 12.5. The fourth-order valence-electron chi connectivity index (χ4n) is 1.50. The Morgan fingerprint density at radius 3 is 2.69 bits per heavy atom. The molecule has 1 amide bonds. The number of hydrogen-bond donors (Lipinski definition) is 1. The van der Waals surface area contributed by atoms with Crippen LogP contribution in [0.25, 0.3) is 0 Å². The van der Waals surface area contributed by atoms with Crippen LogP contribution in [0.4, 0.5) is 18.6 Å². The van der Waals surface area contributed by atoms with E-state index in [1.54, 1.807) is 0 Å². The smallest absolute Gasteiger partial charge is 0.445 e. The summed E-state index contributed by atoms with van der Waals surface area (Å²) in [5.41, 5.74) is 0.0485. The molecule has 1 N–H and O–H groups in total. The van der Waals surface area contributed by atoms with Crippen LogP contribution in [-0.2, 0) is 16.1 Å². The Morgan fingerprint density at radius 2 is 2.00 bits per heavy atom. The second-order valence-corrected chi connectivity index (χ2v) is 3.53. The summed E-state index contributed by atoms with van der Waals surface area (Å²) in [5.74, 6) is -0.357. The molecule has 1 aliphatic heterocycles. The van der Waals surface area contributed by atoms with E-state index in [9.17, 15) is 17.7 Å². The van der Waals surface area contributed by atoms with Gasteiger partial charge in [0.2, 0.25) is 5.91 Å². The molecule has 0 atom stereocenters. The van der Waals surface area contributed by atoms with Crippen LogP contribution in [0.3, 0.4) is 0 Å². The van der Waals surface area contributed by atoms with Crippen LogP contribution in [-0.4, -0.2) is 19.5 Å². The van der Waals surface area contributed by atoms with Crippen LogP contribution in [0.5, 0.6) is 0 Å². The van der Waals surface area contributed by atoms with Crippen molar-refractivity contribution in [2.45, 2.75) is 6.61 Å². The minimum atomic E-state index is -5.02. The van der Waals surface area contributed by atoms with Crippen molar-refractivity contribution in [2.75, 3.05) is 11.9 Å². The Hall–Kier alpha value is -1.50. The number of carbonyl (C=O) groups is 1. The number of carbonyl (C=O) groups excluding carboxylic acids is 1. The zero-order chi connectivity index (χ0) is 11.8. The van der Waals surface area contributed by atoms with Gasteiger partial charge in [0.05, 0.1) is 6.61 Å². The summed E-state index contributed by atoms with van der Waals surface area (Å²) in [5, 5.41) is 2.48. The summed E-state index contributed by atoms with van der Waals surface area (Å²) in [6, 6.07) is 3.23. The lowest BCUT2D eigenvalue weighted by Crippen LogP contribution is -2.34. The van der Waals surface area contributed by atoms with Gasteiger partial charge in [-0.2, -0.15) is 0 Å². The highest BCUT2D eigenvalue weighted by molar-refractivity contribution is 6.73. The molecule has 86 valence electrons. The highest BCUT2D eigenvalue weighted by Crippen LogP contribution is 2.20. The zero-order valence-electron chi connectivity index (χ0n) is 8.17. The van der Waals surface area contributed by atoms with Crippen LogP contribution in [0.15, 0.2) is 18.2 Å². The molecule has 0 spiro atoms. The Morgan fingerprint density at radius 1 is 1.25 bits per heavy atom. The molecule has 0 unspecified atom stereocenters. The summed E-state index contributed by atoms with van der Waals surface area (Å²) >= 11 is 0. The molecule has 0 saturated heterocycles. The SMILES string of the molecule is O=C1COCc2cc([B-](F)(F)F)ccc2N1. The zero-order valence-corrected chi connectivity index (χ0v) is 8.17. The molecule has 1 heterocycles. The predicted molar refractivity (Wildman–Crippen MR) is 53.4 cm³/mol. The van der Waals surface area contributed by atoms with E-state index in [2.05, 4.69) is 5.32 Å². The first-order valence-electron chi connectivity index (χ1n) is 4.67. The Kier molecular flexibility index (Phi) is 2.63. The Balaban J connectivity index is 2.39. The molecule has 0 saturated carbocycles. The van der Waals surface area contributed by atoms with Gasteiger partial charge in [-0.05, 0) is 11.6 Å². The van der Waals surface area contributed by atoms with Crippen molar-refractivity contribution in [3.05, 3.63) is 23.8 Å². The van der Waals surface area contributed by atoms with Gasteiger partial charge in [0.15, 0.2) is 0 Å². The van der Waals surface area contributed by atoms with E-state index in [0.29, 0.717) is 11.3 Å². The maximum Gasteiger partial charge on any atom is 0.509 e. The molecule has 1 aromatic rings. The summed E-state index contributed by atoms with van der Waals surface area (Å²) in [6.07, 6.45) is 0. The van der Waals surface area contributed by atoms with Crippen LogP contribution in [0.2, 0.25) is 0 Å². The number of anilines is 1. The van der Waals surface area contributed by atoms with Gasteiger partial charge in [0.25, 0.3) is 0 Å². The van der Waals surface area contributed by atoms with Gasteiger partial charge in [-0.1, -0.05) is 12.1 Å². The first-order chi connectivity index (χ1) is 7.47. The van der Waals surface area contributed by atoms with Crippen molar-refractivity contribution in [1.29, 1.82) is 0 Å². The Bertz CT molecular complexity index is 433. The lowest BCUT2D eigenvalue weighted by Gasteiger charge is -2.17. The molecular formula is C9H8BF3NO2-. The molecule has 1 aromatic carbocycles. The average molecular weight is 230 g/mol. The summed E-state index contributed by atoms with van der Waals surface area (Å²) in [7, 11) is 0. The number of benzene rings is 1. The summed E-state index contributed by atoms with van der Waals surface area (Å²) in [4.78, 5) is 11.1. The fourth-order valence-corrected chi connectivity index (χ4v) is 1.50. The van der Waals surface area contributed by atoms with Gasteiger partial charge in [-0.3, -0.25) is 4.79 Å². The molecule has 1 aliphatic rings. The first kappa shape index (κ1) is 11.0. The van der Waals surface area contributed by atoms with E-state index >= 15 is 0 Å². The fraction of sp³-hybridized carbons (Fsp3) is 0.222. The van der Waals surface area contributed by atoms with E-state index in [1.807, 2.05) is 0 Å². The van der Waals surface area contributed by atoms with Gasteiger partial charge >= 0.3 is 6.98 Å². The van der Waals surface area contributed by atoms with Crippen LogP contribution in [0.1, 0.15) is 5.56 Å². The number of nitrogens with one attached hydrogen (secondary N) is 1. The third-order valence-electron chi connectivity index (χ3n) is 2.27. The van der Waals surface area contributed by atoms with Gasteiger partial charge in [-0.25, -0.2) is 0 Å². The molecule has 0 aliphatic carbocycles. The molecular weight excluding hydrogens is 222 g/mol. The van der Waals surface area contributed by atoms with Gasteiger partial charge in [0, 0.05) is 5.69 Å². The monoisotopic (exact) mass is 230 g/mol. The van der Waals surface area contributed by atoms with Crippen molar-refractivity contribution >= 4 is 24.0 Å². The van der Waals surface area contributed by atoms with Gasteiger partial charge in [0.1, 0.15) is 6.61 Å². The molecule has 0 aromatic heterocycles. The highest BCUT2D eigenvalue weighted by Gasteiger charge is 2.26. The van der Waals surface area contributed by atoms with Gasteiger partial charge < -0.3 is 23.0 Å². The number of ether oxygens (including phenoxy) is 1. The molecule has 2 rings (SSSR count). The topological polar surface area (TPSA) is 38.3 Å². The lowest BCUT2D eigenvalue weighted by atomic mass is 9.79. The average Bonchev–Trinajstić information content (AvgIpc) is 2.35. The van der Waals surface area contributed by atoms with Crippen LogP contribution < -0.4 is 10.8 Å². The van der Waals surface area contributed by atoms with E-state index in [1.165, 1.54) is 6.07 Å². The highest BCUT2D eigenvalue weighted by atomic mass is 19.4. The molecule has 3 nitrogen and oxygen atoms in total. The summed E-state index contributed by atoms with van der Waals surface area (Å²) in [6.45, 7) is -5.15. The van der Waals surface area contributed by atoms with E-state index in [-0.39, 0.29) is 19.1 Å². The largest absolute Gasteiger partial charge is 0.509 e. The van der Waals surface area contributed by atoms with E-state index < -0.39 is 12.4 Å². The minimum absolute atomic E-state index is 0.00801. The molecule has 0 fully saturated rings. The number of amides is 1. The van der Waals surface area contributed by atoms with Crippen LogP contribution >= 0.6 is 0 Å². The second-order valence-electron chi connectivity index (χ2n) is 3.53. The number of halogens is 3. The summed E-state index contributed by atoms with van der Waals surface area (Å²) < 4.78 is 42.3. The Labute approximate surface area is 89.6 Å². The molecule has 7 heteroatoms. The van der Waals surface area contributed by atoms with E-state index in [4.69, 9.17) is 4.74 Å². The van der Waals surface area contributed by atoms with Gasteiger partial charge in [-0.15, -0.1) is 5.46 Å². The van der Waals surface area contributed by atoms with Crippen molar-refractivity contribution in [3.63, 3.8) is 0 Å². The number of hydrogen-bond acceptors (Lipinski definition) is 2. The predicted octanol–water partition coefficient (Wildman–Crippen LogP) is 1.21. The quantitative estimate of drug-likeness (QED) is 0.736. The minimum Gasteiger partial charge on any atom is -0.445 e. The first-order valence-corrected chi connectivity index (χ1v) is 4.67. The van der Waals surface area contributed by atoms with Crippen molar-refractivity contribution in [3.8, 4) is 0 Å². The third-order valence-corrected chi connectivity index (χ3v) is 2.27. The molecule has 0 radical (unpaired) electrons. The maximum atomic E-state index is 12.5. The number of rotatable bonds is 1. The van der Waals surface area contributed by atoms with Crippen molar-refractivity contribution < 1.29 is 22.5 Å². The second kappa shape index (κ2) is 3.82. The number of fused-ring (bicyclic) bond motifs is 1. The lowest BCUT2D eigenvalue weighted by molar-refractivity contribution is -0.120. The van der Waals surface area contributed by atoms with Crippen molar-refractivity contribution in [1.82, 2.24) is 0 Å². The van der Waals surface area contributed by atoms with E-state index in [0.717, 1.165) is 12.1 Å². The normalized spacial score (nSPS) is 16.3. The van der Waals surface area contributed by atoms with Crippen molar-refractivity contribution in [2.24, 2.45) is 0 Å². The standard InChI is InChI=1S/C9H8BF3NO2/c11-10(12,13)7-1-2-8-6(3-7)4-16-5-9(15)14-8/h1-3H,4-5H2,(H,14,15)/q-1. The molecule has 16 heavy (non-hydrogen) atoms. The van der Waals surface area contributed by atoms with Crippen LogP contribution in [0, 0.1) is 0 Å². The molecule has 0 bridgehead atoms. The third kappa shape index (κ3) is 2.19.